The van der Waals surface area contributed by atoms with E-state index < -0.39 is 0 Å². The van der Waals surface area contributed by atoms with Gasteiger partial charge < -0.3 is 19.4 Å². The molecule has 0 aliphatic carbocycles. The summed E-state index contributed by atoms with van der Waals surface area (Å²) in [4.78, 5) is 27.6. The molecule has 0 unspecified atom stereocenters. The molecule has 142 valence electrons. The number of anilines is 1. The summed E-state index contributed by atoms with van der Waals surface area (Å²) in [5.41, 5.74) is 1.02. The van der Waals surface area contributed by atoms with Gasteiger partial charge in [0.2, 0.25) is 5.91 Å². The summed E-state index contributed by atoms with van der Waals surface area (Å²) in [5, 5.41) is 4.23. The molecule has 0 saturated carbocycles. The van der Waals surface area contributed by atoms with Gasteiger partial charge in [-0.15, -0.1) is 12.4 Å². The van der Waals surface area contributed by atoms with E-state index in [-0.39, 0.29) is 30.5 Å². The number of ether oxygens (including phenoxy) is 1. The number of nitrogens with one attached hydrogen (secondary N) is 1. The fraction of sp³-hybridized carbons (Fsp3) is 0.444. The van der Waals surface area contributed by atoms with Gasteiger partial charge in [0.1, 0.15) is 12.2 Å². The van der Waals surface area contributed by atoms with Crippen molar-refractivity contribution in [3.8, 4) is 0 Å². The number of methoxy groups -OCH3 is 1. The number of amides is 1. The zero-order valence-corrected chi connectivity index (χ0v) is 15.6. The Bertz CT molecular complexity index is 787. The van der Waals surface area contributed by atoms with Gasteiger partial charge in [-0.3, -0.25) is 9.69 Å². The number of hydrogen-bond donors (Lipinski definition) is 1. The number of benzene rings is 1. The molecule has 1 aliphatic heterocycles. The molecule has 2 aromatic rings. The van der Waals surface area contributed by atoms with Crippen molar-refractivity contribution in [1.29, 1.82) is 0 Å². The average molecular weight is 382 g/mol. The Morgan fingerprint density at radius 3 is 2.69 bits per heavy atom. The van der Waals surface area contributed by atoms with Crippen molar-refractivity contribution in [1.82, 2.24) is 9.80 Å². The summed E-state index contributed by atoms with van der Waals surface area (Å²) in [6, 6.07) is 8.98. The third-order valence-electron chi connectivity index (χ3n) is 4.39. The second kappa shape index (κ2) is 9.56. The Labute approximate surface area is 158 Å². The zero-order valence-electron chi connectivity index (χ0n) is 14.8. The van der Waals surface area contributed by atoms with Crippen molar-refractivity contribution in [2.75, 3.05) is 58.3 Å². The van der Waals surface area contributed by atoms with Gasteiger partial charge in [0.25, 0.3) is 0 Å². The Morgan fingerprint density at radius 2 is 1.96 bits per heavy atom. The molecule has 1 saturated heterocycles. The monoisotopic (exact) mass is 381 g/mol. The highest BCUT2D eigenvalue weighted by Gasteiger charge is 2.20. The van der Waals surface area contributed by atoms with Crippen molar-refractivity contribution in [3.63, 3.8) is 0 Å². The van der Waals surface area contributed by atoms with Crippen LogP contribution < -0.4 is 10.9 Å². The number of fused-ring (bicyclic) bond motifs is 1. The number of piperazine rings is 1. The fourth-order valence-corrected chi connectivity index (χ4v) is 3.04. The van der Waals surface area contributed by atoms with Gasteiger partial charge in [0, 0.05) is 57.8 Å². The summed E-state index contributed by atoms with van der Waals surface area (Å²) < 4.78 is 10.1. The van der Waals surface area contributed by atoms with Crippen LogP contribution in [-0.2, 0) is 9.53 Å². The number of halogens is 1. The molecule has 0 atom stereocenters. The van der Waals surface area contributed by atoms with Crippen LogP contribution in [0.2, 0.25) is 0 Å². The maximum atomic E-state index is 11.8. The van der Waals surface area contributed by atoms with Gasteiger partial charge in [0.15, 0.2) is 0 Å². The Balaban J connectivity index is 0.00000243. The van der Waals surface area contributed by atoms with Gasteiger partial charge in [0.05, 0.1) is 5.69 Å². The Kier molecular flexibility index (Phi) is 7.44. The van der Waals surface area contributed by atoms with Crippen LogP contribution >= 0.6 is 12.4 Å². The van der Waals surface area contributed by atoms with Crippen LogP contribution in [0.4, 0.5) is 5.69 Å². The summed E-state index contributed by atoms with van der Waals surface area (Å²) in [6.45, 7) is 4.84. The van der Waals surface area contributed by atoms with Gasteiger partial charge in [-0.2, -0.15) is 0 Å². The molecule has 1 fully saturated rings. The standard InChI is InChI=1S/C18H23N3O4.ClH/c1-24-13-17(22)21-10-8-20(9-11-21)7-6-19-15-12-18(23)25-16-5-3-2-4-14(15)16;/h2-5,12,19H,6-11,13H2,1H3;1H. The third-order valence-corrected chi connectivity index (χ3v) is 4.39. The molecule has 8 heteroatoms. The molecule has 1 N–H and O–H groups in total. The van der Waals surface area contributed by atoms with Crippen LogP contribution in [0.15, 0.2) is 39.5 Å². The predicted octanol–water partition coefficient (Wildman–Crippen LogP) is 1.42. The highest BCUT2D eigenvalue weighted by Crippen LogP contribution is 2.20. The summed E-state index contributed by atoms with van der Waals surface area (Å²) in [6.07, 6.45) is 0. The number of nitrogens with zero attached hydrogens (tertiary/aromatic N) is 2. The molecule has 2 heterocycles. The largest absolute Gasteiger partial charge is 0.423 e. The predicted molar refractivity (Wildman–Crippen MR) is 103 cm³/mol. The first-order valence-corrected chi connectivity index (χ1v) is 8.43. The second-order valence-electron chi connectivity index (χ2n) is 6.06. The van der Waals surface area contributed by atoms with E-state index in [0.29, 0.717) is 5.58 Å². The van der Waals surface area contributed by atoms with E-state index in [0.717, 1.165) is 50.3 Å². The summed E-state index contributed by atoms with van der Waals surface area (Å²) in [5.74, 6) is 0.0442. The fourth-order valence-electron chi connectivity index (χ4n) is 3.04. The van der Waals surface area contributed by atoms with Crippen LogP contribution in [-0.4, -0.2) is 68.7 Å². The van der Waals surface area contributed by atoms with Gasteiger partial charge in [-0.1, -0.05) is 12.1 Å². The SMILES string of the molecule is COCC(=O)N1CCN(CCNc2cc(=O)oc3ccccc23)CC1.Cl. The lowest BCUT2D eigenvalue weighted by Gasteiger charge is -2.34. The number of para-hydroxylation sites is 1. The number of hydrogen-bond acceptors (Lipinski definition) is 6. The third kappa shape index (κ3) is 4.97. The van der Waals surface area contributed by atoms with E-state index in [1.165, 1.54) is 13.2 Å². The highest BCUT2D eigenvalue weighted by molar-refractivity contribution is 5.89. The minimum Gasteiger partial charge on any atom is -0.423 e. The Hall–Kier alpha value is -2.09. The molecule has 26 heavy (non-hydrogen) atoms. The molecule has 3 rings (SSSR count). The Morgan fingerprint density at radius 1 is 1.23 bits per heavy atom. The summed E-state index contributed by atoms with van der Waals surface area (Å²) in [7, 11) is 1.54. The van der Waals surface area contributed by atoms with E-state index in [1.807, 2.05) is 23.1 Å². The van der Waals surface area contributed by atoms with Gasteiger partial charge in [-0.25, -0.2) is 4.79 Å². The quantitative estimate of drug-likeness (QED) is 0.763. The van der Waals surface area contributed by atoms with E-state index in [9.17, 15) is 9.59 Å². The minimum atomic E-state index is -0.355. The van der Waals surface area contributed by atoms with Gasteiger partial charge in [-0.05, 0) is 12.1 Å². The molecular formula is C18H24ClN3O4. The van der Waals surface area contributed by atoms with Gasteiger partial charge >= 0.3 is 5.63 Å². The average Bonchev–Trinajstić information content (AvgIpc) is 2.62. The number of rotatable bonds is 6. The second-order valence-corrected chi connectivity index (χ2v) is 6.06. The first-order chi connectivity index (χ1) is 12.2. The van der Waals surface area contributed by atoms with E-state index in [2.05, 4.69) is 10.2 Å². The molecule has 7 nitrogen and oxygen atoms in total. The molecule has 1 aromatic heterocycles. The zero-order chi connectivity index (χ0) is 17.6. The van der Waals surface area contributed by atoms with Crippen molar-refractivity contribution < 1.29 is 13.9 Å². The normalized spacial score (nSPS) is 14.9. The van der Waals surface area contributed by atoms with Crippen LogP contribution in [0, 0.1) is 0 Å². The van der Waals surface area contributed by atoms with Crippen LogP contribution in [0.1, 0.15) is 0 Å². The van der Waals surface area contributed by atoms with Crippen molar-refractivity contribution in [2.24, 2.45) is 0 Å². The molecule has 1 amide bonds. The highest BCUT2D eigenvalue weighted by atomic mass is 35.5. The molecule has 0 spiro atoms. The van der Waals surface area contributed by atoms with E-state index in [1.54, 1.807) is 6.07 Å². The molecule has 1 aliphatic rings. The first kappa shape index (κ1) is 20.2. The summed E-state index contributed by atoms with van der Waals surface area (Å²) >= 11 is 0. The lowest BCUT2D eigenvalue weighted by Crippen LogP contribution is -2.50. The minimum absolute atomic E-state index is 0. The molecule has 0 bridgehead atoms. The smallest absolute Gasteiger partial charge is 0.338 e. The maximum absolute atomic E-state index is 11.8. The number of carbonyl (C=O) groups excluding carboxylic acids is 1. The van der Waals surface area contributed by atoms with Crippen molar-refractivity contribution in [2.45, 2.75) is 0 Å². The molecule has 0 radical (unpaired) electrons. The lowest BCUT2D eigenvalue weighted by atomic mass is 10.2. The van der Waals surface area contributed by atoms with E-state index >= 15 is 0 Å². The van der Waals surface area contributed by atoms with E-state index in [4.69, 9.17) is 9.15 Å². The van der Waals surface area contributed by atoms with Crippen LogP contribution in [0.5, 0.6) is 0 Å². The molecular weight excluding hydrogens is 358 g/mol. The topological polar surface area (TPSA) is 75.0 Å². The molecule has 1 aromatic carbocycles. The van der Waals surface area contributed by atoms with Crippen molar-refractivity contribution in [3.05, 3.63) is 40.8 Å². The first-order valence-electron chi connectivity index (χ1n) is 8.43. The van der Waals surface area contributed by atoms with Crippen LogP contribution in [0.3, 0.4) is 0 Å². The lowest BCUT2D eigenvalue weighted by molar-refractivity contribution is -0.136. The maximum Gasteiger partial charge on any atom is 0.338 e. The van der Waals surface area contributed by atoms with Crippen molar-refractivity contribution >= 4 is 35.0 Å². The van der Waals surface area contributed by atoms with Crippen LogP contribution in [0.25, 0.3) is 11.0 Å². The number of carbonyl (C=O) groups is 1.